The van der Waals surface area contributed by atoms with E-state index >= 15 is 0 Å². The zero-order valence-electron chi connectivity index (χ0n) is 23.8. The molecule has 0 saturated carbocycles. The lowest BCUT2D eigenvalue weighted by Gasteiger charge is -2.20. The number of nitrogens with one attached hydrogen (secondary N) is 2. The second kappa shape index (κ2) is 18.9. The Morgan fingerprint density at radius 2 is 1.52 bits per heavy atom. The first-order chi connectivity index (χ1) is 19.2. The summed E-state index contributed by atoms with van der Waals surface area (Å²) < 4.78 is 57.0. The van der Waals surface area contributed by atoms with Gasteiger partial charge in [-0.15, -0.1) is 4.52 Å². The molecule has 0 radical (unpaired) electrons. The predicted molar refractivity (Wildman–Crippen MR) is 153 cm³/mol. The quantitative estimate of drug-likeness (QED) is 0.131. The first kappa shape index (κ1) is 34.7. The summed E-state index contributed by atoms with van der Waals surface area (Å²) in [4.78, 5) is 25.7. The average Bonchev–Trinajstić information content (AvgIpc) is 3.25. The summed E-state index contributed by atoms with van der Waals surface area (Å²) in [7, 11) is -5.45. The van der Waals surface area contributed by atoms with E-state index in [0.717, 1.165) is 36.3 Å². The maximum absolute atomic E-state index is 12.6. The van der Waals surface area contributed by atoms with Crippen LogP contribution in [0.5, 0.6) is 0 Å². The van der Waals surface area contributed by atoms with E-state index in [9.17, 15) is 27.7 Å². The lowest BCUT2D eigenvalue weighted by Crippen LogP contribution is -2.39. The summed E-state index contributed by atoms with van der Waals surface area (Å²) in [5, 5.41) is 9.73. The summed E-state index contributed by atoms with van der Waals surface area (Å²) in [6, 6.07) is 1.12. The fraction of sp³-hybridized carbons (Fsp3) is 0.846. The zero-order chi connectivity index (χ0) is 29.4. The van der Waals surface area contributed by atoms with Gasteiger partial charge in [-0.25, -0.2) is 13.2 Å². The number of aliphatic hydroxyl groups excluding tert-OH is 1. The van der Waals surface area contributed by atoms with Crippen molar-refractivity contribution in [2.75, 3.05) is 19.5 Å². The Morgan fingerprint density at radius 1 is 0.975 bits per heavy atom. The third-order valence-electron chi connectivity index (χ3n) is 7.06. The Hall–Kier alpha value is -1.47. The Morgan fingerprint density at radius 3 is 2.02 bits per heavy atom. The van der Waals surface area contributed by atoms with Gasteiger partial charge in [-0.3, -0.25) is 14.3 Å². The number of methoxy groups -OCH3 is 1. The molecular weight excluding hydrogens is 561 g/mol. The van der Waals surface area contributed by atoms with Crippen molar-refractivity contribution in [1.29, 1.82) is 0 Å². The molecule has 1 aliphatic rings. The molecule has 0 amide bonds. The van der Waals surface area contributed by atoms with E-state index < -0.39 is 60.6 Å². The molecule has 5 atom stereocenters. The molecule has 2 heterocycles. The van der Waals surface area contributed by atoms with Crippen LogP contribution in [0.15, 0.2) is 21.9 Å². The van der Waals surface area contributed by atoms with Crippen LogP contribution in [0, 0.1) is 0 Å². The van der Waals surface area contributed by atoms with Crippen molar-refractivity contribution in [3.05, 3.63) is 33.1 Å². The topological polar surface area (TPSA) is 166 Å². The lowest BCUT2D eigenvalue weighted by atomic mass is 10.0. The predicted octanol–water partition coefficient (Wildman–Crippen LogP) is 3.88. The first-order valence-electron chi connectivity index (χ1n) is 14.5. The van der Waals surface area contributed by atoms with E-state index in [1.807, 2.05) is 4.49 Å². The van der Waals surface area contributed by atoms with Crippen LogP contribution in [0.4, 0.5) is 0 Å². The number of sulfonamides is 1. The Balaban J connectivity index is 1.68. The summed E-state index contributed by atoms with van der Waals surface area (Å²) >= 11 is 0. The van der Waals surface area contributed by atoms with Gasteiger partial charge in [0, 0.05) is 23.9 Å². The summed E-state index contributed by atoms with van der Waals surface area (Å²) in [5.74, 6) is -0.177. The monoisotopic (exact) mass is 608 g/mol. The molecule has 230 valence electrons. The number of hydrogen-bond donors (Lipinski definition) is 3. The highest BCUT2D eigenvalue weighted by atomic mass is 32.2. The molecule has 12 nitrogen and oxygen atoms in total. The van der Waals surface area contributed by atoms with Crippen molar-refractivity contribution in [2.24, 2.45) is 0 Å². The van der Waals surface area contributed by atoms with E-state index in [2.05, 4.69) is 11.9 Å². The molecule has 1 aliphatic heterocycles. The van der Waals surface area contributed by atoms with E-state index in [4.69, 9.17) is 14.0 Å². The van der Waals surface area contributed by atoms with Gasteiger partial charge in [0.15, 0.2) is 12.3 Å². The number of H-pyrrole nitrogens is 1. The largest absolute Gasteiger partial charge is 0.628 e. The maximum atomic E-state index is 12.6. The molecule has 1 aromatic rings. The van der Waals surface area contributed by atoms with E-state index in [1.165, 1.54) is 71.1 Å². The van der Waals surface area contributed by atoms with Crippen LogP contribution in [0.3, 0.4) is 0 Å². The van der Waals surface area contributed by atoms with Gasteiger partial charge in [0.1, 0.15) is 12.2 Å². The van der Waals surface area contributed by atoms with E-state index in [-0.39, 0.29) is 5.75 Å². The number of aromatic nitrogens is 2. The number of rotatable bonds is 22. The Bertz CT molecular complexity index is 1100. The minimum absolute atomic E-state index is 0.177. The van der Waals surface area contributed by atoms with Gasteiger partial charge in [-0.2, -0.15) is 0 Å². The number of aliphatic hydroxyl groups is 1. The van der Waals surface area contributed by atoms with Crippen LogP contribution in [0.2, 0.25) is 0 Å². The molecule has 40 heavy (non-hydrogen) atoms. The second-order valence-electron chi connectivity index (χ2n) is 10.3. The smallest absolute Gasteiger partial charge is 0.394 e. The van der Waals surface area contributed by atoms with Gasteiger partial charge in [0.25, 0.3) is 15.6 Å². The molecule has 0 spiro atoms. The molecule has 1 saturated heterocycles. The molecule has 3 N–H and O–H groups in total. The Kier molecular flexibility index (Phi) is 16.4. The van der Waals surface area contributed by atoms with Crippen molar-refractivity contribution in [3.8, 4) is 0 Å². The Labute approximate surface area is 238 Å². The molecule has 0 aromatic carbocycles. The first-order valence-corrected chi connectivity index (χ1v) is 17.3. The standard InChI is InChI=1S/C26H46N3O9PS/c1-3-4-5-6-7-8-9-10-11-12-13-14-15-16-19-40(34,35)28-39(33)38-23-21(20-30)37-25(24(23)36-2)29-18-17-22(31)27-26(29)32/h17-18,21,23-25,30H,3-16,19-20H2,1-2H3,(H-,27,28,31,32,33)/p+1/t21-,23+,24?,25-/m1/s1. The fourth-order valence-corrected chi connectivity index (χ4v) is 7.37. The molecule has 2 rings (SSSR count). The molecule has 1 aromatic heterocycles. The maximum Gasteiger partial charge on any atom is 0.628 e. The molecule has 0 bridgehead atoms. The van der Waals surface area contributed by atoms with Gasteiger partial charge in [0.2, 0.25) is 0 Å². The van der Waals surface area contributed by atoms with Crippen molar-refractivity contribution in [3.63, 3.8) is 0 Å². The number of aromatic amines is 1. The summed E-state index contributed by atoms with van der Waals surface area (Å²) in [6.45, 7) is 1.67. The summed E-state index contributed by atoms with van der Waals surface area (Å²) in [6.07, 6.45) is 13.0. The lowest BCUT2D eigenvalue weighted by molar-refractivity contribution is -0.0625. The molecule has 14 heteroatoms. The molecule has 0 aliphatic carbocycles. The minimum Gasteiger partial charge on any atom is -0.394 e. The zero-order valence-corrected chi connectivity index (χ0v) is 25.5. The number of unbranched alkanes of at least 4 members (excludes halogenated alkanes) is 13. The van der Waals surface area contributed by atoms with Crippen molar-refractivity contribution in [2.45, 2.75) is 121 Å². The van der Waals surface area contributed by atoms with Crippen LogP contribution in [0.25, 0.3) is 0 Å². The van der Waals surface area contributed by atoms with Crippen LogP contribution >= 0.6 is 8.18 Å². The van der Waals surface area contributed by atoms with Gasteiger partial charge in [-0.05, 0) is 11.0 Å². The van der Waals surface area contributed by atoms with Gasteiger partial charge in [0.05, 0.1) is 12.4 Å². The third-order valence-corrected chi connectivity index (χ3v) is 10.0. The highest BCUT2D eigenvalue weighted by Crippen LogP contribution is 2.37. The third kappa shape index (κ3) is 12.2. The van der Waals surface area contributed by atoms with Crippen LogP contribution in [-0.4, -0.2) is 60.9 Å². The molecular formula is C26H47N3O9PS+. The number of ether oxygens (including phenoxy) is 2. The van der Waals surface area contributed by atoms with Gasteiger partial charge in [-0.1, -0.05) is 90.4 Å². The normalized spacial score (nSPS) is 21.6. The van der Waals surface area contributed by atoms with Crippen molar-refractivity contribution in [1.82, 2.24) is 14.0 Å². The average molecular weight is 609 g/mol. The molecule has 2 unspecified atom stereocenters. The van der Waals surface area contributed by atoms with Crippen molar-refractivity contribution >= 4 is 18.2 Å². The minimum atomic E-state index is -3.86. The highest BCUT2D eigenvalue weighted by Gasteiger charge is 2.51. The van der Waals surface area contributed by atoms with Crippen molar-refractivity contribution < 1.29 is 32.1 Å². The van der Waals surface area contributed by atoms with Gasteiger partial charge >= 0.3 is 13.9 Å². The highest BCUT2D eigenvalue weighted by molar-refractivity contribution is 7.93. The molecule has 1 fully saturated rings. The van der Waals surface area contributed by atoms with Crippen LogP contribution in [0.1, 0.15) is 103 Å². The van der Waals surface area contributed by atoms with Gasteiger partial charge < -0.3 is 14.6 Å². The SMILES string of the molecule is CCCCCCCCCCCCCCCCS(=O)(=O)N[P+](=O)O[C@@H]1C(OC)[C@H](n2ccc(=O)[nH]c2=O)O[C@@H]1CO. The summed E-state index contributed by atoms with van der Waals surface area (Å²) in [5.41, 5.74) is -1.37. The number of nitrogens with zero attached hydrogens (tertiary/aromatic N) is 1. The second-order valence-corrected chi connectivity index (χ2v) is 13.4. The van der Waals surface area contributed by atoms with Crippen LogP contribution in [-0.2, 0) is 28.6 Å². The van der Waals surface area contributed by atoms with E-state index in [0.29, 0.717) is 6.42 Å². The number of hydrogen-bond acceptors (Lipinski definition) is 9. The van der Waals surface area contributed by atoms with Crippen LogP contribution < -0.4 is 15.7 Å². The van der Waals surface area contributed by atoms with E-state index in [1.54, 1.807) is 0 Å². The fourth-order valence-electron chi connectivity index (χ4n) is 4.86.